The summed E-state index contributed by atoms with van der Waals surface area (Å²) in [5.41, 5.74) is 4.16. The Hall–Kier alpha value is -3.98. The highest BCUT2D eigenvalue weighted by molar-refractivity contribution is 7.07. The van der Waals surface area contributed by atoms with Crippen molar-refractivity contribution in [3.05, 3.63) is 106 Å². The Balaban J connectivity index is 1.41. The number of anilines is 1. The first-order chi connectivity index (χ1) is 16.8. The third-order valence-corrected chi connectivity index (χ3v) is 5.89. The minimum atomic E-state index is -4.43. The highest BCUT2D eigenvalue weighted by atomic mass is 32.1. The van der Waals surface area contributed by atoms with Crippen LogP contribution in [0.5, 0.6) is 0 Å². The van der Waals surface area contributed by atoms with E-state index in [1.165, 1.54) is 23.5 Å². The van der Waals surface area contributed by atoms with Crippen molar-refractivity contribution < 1.29 is 22.8 Å². The van der Waals surface area contributed by atoms with Crippen LogP contribution in [0.25, 0.3) is 11.1 Å². The lowest BCUT2D eigenvalue weighted by molar-refractivity contribution is -0.137. The predicted molar refractivity (Wildman–Crippen MR) is 129 cm³/mol. The van der Waals surface area contributed by atoms with Gasteiger partial charge in [0, 0.05) is 35.2 Å². The summed E-state index contributed by atoms with van der Waals surface area (Å²) in [5, 5.41) is 7.53. The first-order valence-electron chi connectivity index (χ1n) is 10.6. The van der Waals surface area contributed by atoms with Gasteiger partial charge in [0.2, 0.25) is 0 Å². The fraction of sp³-hybridized carbons (Fsp3) is 0.115. The van der Waals surface area contributed by atoms with Crippen LogP contribution in [0, 0.1) is 0 Å². The molecule has 9 heteroatoms. The highest BCUT2D eigenvalue weighted by Crippen LogP contribution is 2.32. The molecule has 0 aliphatic heterocycles. The van der Waals surface area contributed by atoms with E-state index in [-0.39, 0.29) is 5.91 Å². The van der Waals surface area contributed by atoms with E-state index in [1.807, 2.05) is 5.38 Å². The van der Waals surface area contributed by atoms with Crippen LogP contribution in [0.2, 0.25) is 0 Å². The van der Waals surface area contributed by atoms with Gasteiger partial charge in [-0.2, -0.15) is 13.2 Å². The molecule has 0 saturated carbocycles. The number of hydrogen-bond acceptors (Lipinski definition) is 4. The van der Waals surface area contributed by atoms with Crippen molar-refractivity contribution >= 4 is 28.8 Å². The Morgan fingerprint density at radius 1 is 0.886 bits per heavy atom. The maximum atomic E-state index is 12.9. The van der Waals surface area contributed by atoms with E-state index in [1.54, 1.807) is 54.0 Å². The summed E-state index contributed by atoms with van der Waals surface area (Å²) >= 11 is 1.50. The standard InChI is InChI=1S/C26H20F3N3O2S/c27-26(28,29)19-9-5-17(6-10-19)22-3-1-2-4-23(22)25(34)32-20-11-7-18(8-12-20)24(33)30-14-13-21-15-35-16-31-21/h1-12,15-16H,13-14H2,(H,30,33)(H,32,34). The van der Waals surface area contributed by atoms with Crippen molar-refractivity contribution in [1.82, 2.24) is 10.3 Å². The number of hydrogen-bond donors (Lipinski definition) is 2. The van der Waals surface area contributed by atoms with Crippen molar-refractivity contribution in [3.63, 3.8) is 0 Å². The van der Waals surface area contributed by atoms with E-state index in [0.29, 0.717) is 40.9 Å². The van der Waals surface area contributed by atoms with E-state index >= 15 is 0 Å². The first-order valence-corrected chi connectivity index (χ1v) is 11.6. The summed E-state index contributed by atoms with van der Waals surface area (Å²) in [6.45, 7) is 0.460. The third kappa shape index (κ3) is 6.13. The van der Waals surface area contributed by atoms with Gasteiger partial charge in [0.15, 0.2) is 0 Å². The lowest BCUT2D eigenvalue weighted by Gasteiger charge is -2.12. The van der Waals surface area contributed by atoms with Crippen molar-refractivity contribution in [2.45, 2.75) is 12.6 Å². The van der Waals surface area contributed by atoms with Gasteiger partial charge >= 0.3 is 6.18 Å². The second-order valence-corrected chi connectivity index (χ2v) is 8.36. The van der Waals surface area contributed by atoms with Gasteiger partial charge in [0.1, 0.15) is 0 Å². The molecule has 0 spiro atoms. The molecular weight excluding hydrogens is 475 g/mol. The average Bonchev–Trinajstić information content (AvgIpc) is 3.37. The molecule has 0 unspecified atom stereocenters. The summed E-state index contributed by atoms with van der Waals surface area (Å²) in [6.07, 6.45) is -3.79. The molecule has 1 heterocycles. The number of amides is 2. The zero-order valence-electron chi connectivity index (χ0n) is 18.3. The van der Waals surface area contributed by atoms with Crippen LogP contribution in [-0.4, -0.2) is 23.3 Å². The van der Waals surface area contributed by atoms with E-state index < -0.39 is 17.6 Å². The largest absolute Gasteiger partial charge is 0.416 e. The summed E-state index contributed by atoms with van der Waals surface area (Å²) in [7, 11) is 0. The van der Waals surface area contributed by atoms with Crippen molar-refractivity contribution in [2.24, 2.45) is 0 Å². The van der Waals surface area contributed by atoms with Crippen LogP contribution < -0.4 is 10.6 Å². The van der Waals surface area contributed by atoms with Gasteiger partial charge in [0.05, 0.1) is 16.8 Å². The molecule has 0 saturated heterocycles. The van der Waals surface area contributed by atoms with Crippen LogP contribution in [0.3, 0.4) is 0 Å². The smallest absolute Gasteiger partial charge is 0.352 e. The lowest BCUT2D eigenvalue weighted by Crippen LogP contribution is -2.25. The van der Waals surface area contributed by atoms with Crippen LogP contribution in [-0.2, 0) is 12.6 Å². The van der Waals surface area contributed by atoms with Gasteiger partial charge in [-0.05, 0) is 53.6 Å². The number of nitrogens with one attached hydrogen (secondary N) is 2. The Bertz CT molecular complexity index is 1300. The molecule has 0 fully saturated rings. The second kappa shape index (κ2) is 10.5. The number of carbonyl (C=O) groups excluding carboxylic acids is 2. The molecule has 1 aromatic heterocycles. The molecule has 0 atom stereocenters. The molecule has 4 rings (SSSR count). The van der Waals surface area contributed by atoms with Gasteiger partial charge in [-0.3, -0.25) is 9.59 Å². The van der Waals surface area contributed by atoms with E-state index in [9.17, 15) is 22.8 Å². The molecule has 0 radical (unpaired) electrons. The number of nitrogens with zero attached hydrogens (tertiary/aromatic N) is 1. The summed E-state index contributed by atoms with van der Waals surface area (Å²) < 4.78 is 38.6. The number of thiazole rings is 1. The van der Waals surface area contributed by atoms with Gasteiger partial charge in [0.25, 0.3) is 11.8 Å². The molecular formula is C26H20F3N3O2S. The number of alkyl halides is 3. The second-order valence-electron chi connectivity index (χ2n) is 7.64. The Labute approximate surface area is 203 Å². The van der Waals surface area contributed by atoms with Gasteiger partial charge in [-0.1, -0.05) is 30.3 Å². The molecule has 0 aliphatic rings. The van der Waals surface area contributed by atoms with E-state index in [0.717, 1.165) is 17.8 Å². The van der Waals surface area contributed by atoms with Crippen molar-refractivity contribution in [2.75, 3.05) is 11.9 Å². The molecule has 4 aromatic rings. The van der Waals surface area contributed by atoms with Gasteiger partial charge in [-0.15, -0.1) is 11.3 Å². The first kappa shape index (κ1) is 24.2. The molecule has 35 heavy (non-hydrogen) atoms. The monoisotopic (exact) mass is 495 g/mol. The zero-order valence-corrected chi connectivity index (χ0v) is 19.1. The van der Waals surface area contributed by atoms with Gasteiger partial charge < -0.3 is 10.6 Å². The Morgan fingerprint density at radius 3 is 2.26 bits per heavy atom. The molecule has 0 bridgehead atoms. The normalized spacial score (nSPS) is 11.2. The molecule has 178 valence electrons. The minimum absolute atomic E-state index is 0.231. The lowest BCUT2D eigenvalue weighted by atomic mass is 9.98. The summed E-state index contributed by atoms with van der Waals surface area (Å²) in [6, 6.07) is 17.8. The number of benzene rings is 3. The molecule has 3 aromatic carbocycles. The predicted octanol–water partition coefficient (Wildman–Crippen LogP) is 6.05. The summed E-state index contributed by atoms with van der Waals surface area (Å²) in [5.74, 6) is -0.647. The fourth-order valence-electron chi connectivity index (χ4n) is 3.44. The number of aromatic nitrogens is 1. The van der Waals surface area contributed by atoms with Crippen LogP contribution >= 0.6 is 11.3 Å². The molecule has 2 amide bonds. The van der Waals surface area contributed by atoms with Crippen LogP contribution in [0.15, 0.2) is 83.7 Å². The molecule has 0 aliphatic carbocycles. The Morgan fingerprint density at radius 2 is 1.60 bits per heavy atom. The van der Waals surface area contributed by atoms with E-state index in [2.05, 4.69) is 15.6 Å². The van der Waals surface area contributed by atoms with Crippen LogP contribution in [0.4, 0.5) is 18.9 Å². The Kier molecular flexibility index (Phi) is 7.26. The fourth-order valence-corrected chi connectivity index (χ4v) is 4.04. The van der Waals surface area contributed by atoms with Crippen molar-refractivity contribution in [1.29, 1.82) is 0 Å². The number of halogens is 3. The quantitative estimate of drug-likeness (QED) is 0.328. The van der Waals surface area contributed by atoms with Crippen molar-refractivity contribution in [3.8, 4) is 11.1 Å². The zero-order chi connectivity index (χ0) is 24.8. The third-order valence-electron chi connectivity index (χ3n) is 5.25. The summed E-state index contributed by atoms with van der Waals surface area (Å²) in [4.78, 5) is 29.4. The number of carbonyl (C=O) groups is 2. The minimum Gasteiger partial charge on any atom is -0.352 e. The van der Waals surface area contributed by atoms with Crippen LogP contribution in [0.1, 0.15) is 32.0 Å². The topological polar surface area (TPSA) is 71.1 Å². The van der Waals surface area contributed by atoms with Gasteiger partial charge in [-0.25, -0.2) is 4.98 Å². The molecule has 2 N–H and O–H groups in total. The van der Waals surface area contributed by atoms with E-state index in [4.69, 9.17) is 0 Å². The maximum absolute atomic E-state index is 12.9. The molecule has 5 nitrogen and oxygen atoms in total. The average molecular weight is 496 g/mol. The highest BCUT2D eigenvalue weighted by Gasteiger charge is 2.30. The maximum Gasteiger partial charge on any atom is 0.416 e. The number of rotatable bonds is 7. The SMILES string of the molecule is O=C(NCCc1cscn1)c1ccc(NC(=O)c2ccccc2-c2ccc(C(F)(F)F)cc2)cc1.